The summed E-state index contributed by atoms with van der Waals surface area (Å²) in [5.74, 6) is 0.725. The van der Waals surface area contributed by atoms with Crippen LogP contribution in [0, 0.1) is 0 Å². The van der Waals surface area contributed by atoms with Gasteiger partial charge in [0, 0.05) is 19.6 Å². The number of carbonyl (C=O) groups excluding carboxylic acids is 1. The molecule has 1 fully saturated rings. The molecule has 1 aromatic carbocycles. The first-order chi connectivity index (χ1) is 9.61. The van der Waals surface area contributed by atoms with E-state index in [9.17, 15) is 4.79 Å². The number of amides is 1. The van der Waals surface area contributed by atoms with Crippen molar-refractivity contribution in [2.75, 3.05) is 26.3 Å². The number of carbonyl (C=O) groups is 1. The van der Waals surface area contributed by atoms with Crippen molar-refractivity contribution < 1.29 is 14.3 Å². The van der Waals surface area contributed by atoms with Crippen LogP contribution in [0.1, 0.15) is 19.4 Å². The van der Waals surface area contributed by atoms with E-state index in [0.717, 1.165) is 24.4 Å². The van der Waals surface area contributed by atoms with Crippen LogP contribution in [0.5, 0.6) is 5.75 Å². The van der Waals surface area contributed by atoms with Crippen LogP contribution in [0.3, 0.4) is 0 Å². The van der Waals surface area contributed by atoms with E-state index < -0.39 is 0 Å². The molecule has 1 heterocycles. The first-order valence-corrected chi connectivity index (χ1v) is 6.94. The largest absolute Gasteiger partial charge is 0.494 e. The monoisotopic (exact) mass is 278 g/mol. The summed E-state index contributed by atoms with van der Waals surface area (Å²) in [5.41, 5.74) is 0.826. The Kier molecular flexibility index (Phi) is 4.98. The lowest BCUT2D eigenvalue weighted by molar-refractivity contribution is -0.136. The SMILES string of the molecule is CCOc1cccc(CNC(=O)COC2(C)CNC2)c1. The minimum atomic E-state index is -0.188. The normalized spacial score (nSPS) is 16.3. The number of nitrogens with one attached hydrogen (secondary N) is 2. The Morgan fingerprint density at radius 1 is 1.45 bits per heavy atom. The predicted molar refractivity (Wildman–Crippen MR) is 76.7 cm³/mol. The van der Waals surface area contributed by atoms with Crippen molar-refractivity contribution in [3.63, 3.8) is 0 Å². The van der Waals surface area contributed by atoms with Gasteiger partial charge in [-0.05, 0) is 31.5 Å². The van der Waals surface area contributed by atoms with Crippen LogP contribution >= 0.6 is 0 Å². The van der Waals surface area contributed by atoms with Crippen LogP contribution in [0.4, 0.5) is 0 Å². The molecule has 0 atom stereocenters. The summed E-state index contributed by atoms with van der Waals surface area (Å²) in [6, 6.07) is 7.72. The number of hydrogen-bond donors (Lipinski definition) is 2. The van der Waals surface area contributed by atoms with Gasteiger partial charge in [-0.25, -0.2) is 0 Å². The molecular formula is C15H22N2O3. The summed E-state index contributed by atoms with van der Waals surface area (Å²) in [4.78, 5) is 11.7. The summed E-state index contributed by atoms with van der Waals surface area (Å²) >= 11 is 0. The molecule has 2 N–H and O–H groups in total. The summed E-state index contributed by atoms with van der Waals surface area (Å²) in [5, 5.41) is 5.98. The lowest BCUT2D eigenvalue weighted by atomic mass is 10.0. The summed E-state index contributed by atoms with van der Waals surface area (Å²) in [6.45, 7) is 6.77. The van der Waals surface area contributed by atoms with Crippen LogP contribution in [0.25, 0.3) is 0 Å². The number of ether oxygens (including phenoxy) is 2. The Morgan fingerprint density at radius 2 is 2.25 bits per heavy atom. The van der Waals surface area contributed by atoms with Crippen LogP contribution in [0.2, 0.25) is 0 Å². The van der Waals surface area contributed by atoms with Gasteiger partial charge in [0.1, 0.15) is 12.4 Å². The Labute approximate surface area is 119 Å². The lowest BCUT2D eigenvalue weighted by Crippen LogP contribution is -2.59. The van der Waals surface area contributed by atoms with Crippen LogP contribution < -0.4 is 15.4 Å². The molecule has 0 radical (unpaired) electrons. The van der Waals surface area contributed by atoms with Crippen molar-refractivity contribution in [2.45, 2.75) is 26.0 Å². The fourth-order valence-electron chi connectivity index (χ4n) is 1.98. The molecule has 0 bridgehead atoms. The third kappa shape index (κ3) is 4.21. The smallest absolute Gasteiger partial charge is 0.246 e. The molecule has 5 heteroatoms. The highest BCUT2D eigenvalue weighted by atomic mass is 16.5. The molecule has 110 valence electrons. The molecule has 5 nitrogen and oxygen atoms in total. The molecule has 0 aromatic heterocycles. The predicted octanol–water partition coefficient (Wildman–Crippen LogP) is 1.08. The van der Waals surface area contributed by atoms with Gasteiger partial charge in [-0.2, -0.15) is 0 Å². The molecule has 0 saturated carbocycles. The number of rotatable bonds is 7. The fraction of sp³-hybridized carbons (Fsp3) is 0.533. The van der Waals surface area contributed by atoms with E-state index in [1.807, 2.05) is 38.1 Å². The van der Waals surface area contributed by atoms with E-state index in [0.29, 0.717) is 13.2 Å². The Bertz CT molecular complexity index is 458. The van der Waals surface area contributed by atoms with Gasteiger partial charge in [0.25, 0.3) is 0 Å². The van der Waals surface area contributed by atoms with Crippen molar-refractivity contribution in [1.29, 1.82) is 0 Å². The van der Waals surface area contributed by atoms with Crippen molar-refractivity contribution in [2.24, 2.45) is 0 Å². The molecule has 1 aliphatic rings. The van der Waals surface area contributed by atoms with Gasteiger partial charge in [-0.15, -0.1) is 0 Å². The van der Waals surface area contributed by atoms with Crippen LogP contribution in [-0.2, 0) is 16.1 Å². The third-order valence-electron chi connectivity index (χ3n) is 3.25. The van der Waals surface area contributed by atoms with Crippen LogP contribution in [-0.4, -0.2) is 37.8 Å². The minimum absolute atomic E-state index is 0.0973. The molecule has 1 aromatic rings. The van der Waals surface area contributed by atoms with Gasteiger partial charge < -0.3 is 20.1 Å². The van der Waals surface area contributed by atoms with E-state index >= 15 is 0 Å². The molecule has 2 rings (SSSR count). The third-order valence-corrected chi connectivity index (χ3v) is 3.25. The standard InChI is InChI=1S/C15H22N2O3/c1-3-19-13-6-4-5-12(7-13)8-17-14(18)9-20-15(2)10-16-11-15/h4-7,16H,3,8-11H2,1-2H3,(H,17,18). The highest BCUT2D eigenvalue weighted by Gasteiger charge is 2.32. The maximum absolute atomic E-state index is 11.7. The highest BCUT2D eigenvalue weighted by molar-refractivity contribution is 5.77. The molecule has 1 saturated heterocycles. The summed E-state index contributed by atoms with van der Waals surface area (Å²) in [6.07, 6.45) is 0. The zero-order valence-electron chi connectivity index (χ0n) is 12.1. The second-order valence-electron chi connectivity index (χ2n) is 5.20. The van der Waals surface area contributed by atoms with Gasteiger partial charge in [-0.3, -0.25) is 4.79 Å². The Morgan fingerprint density at radius 3 is 2.90 bits per heavy atom. The average Bonchev–Trinajstić information content (AvgIpc) is 2.42. The van der Waals surface area contributed by atoms with Gasteiger partial charge in [0.15, 0.2) is 0 Å². The van der Waals surface area contributed by atoms with E-state index in [1.54, 1.807) is 0 Å². The first-order valence-electron chi connectivity index (χ1n) is 6.94. The lowest BCUT2D eigenvalue weighted by Gasteiger charge is -2.38. The zero-order chi connectivity index (χ0) is 14.4. The molecule has 0 spiro atoms. The molecule has 1 aliphatic heterocycles. The van der Waals surface area contributed by atoms with E-state index in [4.69, 9.17) is 9.47 Å². The topological polar surface area (TPSA) is 59.6 Å². The number of benzene rings is 1. The van der Waals surface area contributed by atoms with E-state index in [1.165, 1.54) is 0 Å². The second kappa shape index (κ2) is 6.72. The molecule has 20 heavy (non-hydrogen) atoms. The van der Waals surface area contributed by atoms with Crippen LogP contribution in [0.15, 0.2) is 24.3 Å². The molecular weight excluding hydrogens is 256 g/mol. The molecule has 0 unspecified atom stereocenters. The summed E-state index contributed by atoms with van der Waals surface area (Å²) in [7, 11) is 0. The summed E-state index contributed by atoms with van der Waals surface area (Å²) < 4.78 is 11.0. The Balaban J connectivity index is 1.73. The minimum Gasteiger partial charge on any atom is -0.494 e. The molecule has 0 aliphatic carbocycles. The Hall–Kier alpha value is -1.59. The average molecular weight is 278 g/mol. The second-order valence-corrected chi connectivity index (χ2v) is 5.20. The quantitative estimate of drug-likeness (QED) is 0.783. The fourth-order valence-corrected chi connectivity index (χ4v) is 1.98. The number of hydrogen-bond acceptors (Lipinski definition) is 4. The van der Waals surface area contributed by atoms with Crippen molar-refractivity contribution in [1.82, 2.24) is 10.6 Å². The van der Waals surface area contributed by atoms with E-state index in [2.05, 4.69) is 10.6 Å². The zero-order valence-corrected chi connectivity index (χ0v) is 12.1. The first kappa shape index (κ1) is 14.8. The van der Waals surface area contributed by atoms with Gasteiger partial charge >= 0.3 is 0 Å². The maximum atomic E-state index is 11.7. The van der Waals surface area contributed by atoms with Crippen molar-refractivity contribution in [3.8, 4) is 5.75 Å². The van der Waals surface area contributed by atoms with Gasteiger partial charge in [0.2, 0.25) is 5.91 Å². The van der Waals surface area contributed by atoms with Gasteiger partial charge in [-0.1, -0.05) is 12.1 Å². The van der Waals surface area contributed by atoms with Crippen molar-refractivity contribution >= 4 is 5.91 Å². The van der Waals surface area contributed by atoms with Crippen molar-refractivity contribution in [3.05, 3.63) is 29.8 Å². The van der Waals surface area contributed by atoms with E-state index in [-0.39, 0.29) is 18.1 Å². The van der Waals surface area contributed by atoms with Gasteiger partial charge in [0.05, 0.1) is 12.2 Å². The molecule has 1 amide bonds. The maximum Gasteiger partial charge on any atom is 0.246 e. The highest BCUT2D eigenvalue weighted by Crippen LogP contribution is 2.15.